The standard InChI is InChI=1S/C23H30ClN3O4S/c1-5-13-25-23(29)18(3)26(15-19-10-7-6-9-17(19)2)22(28)16-27(32(4,30)31)21-12-8-11-20(24)14-21/h6-12,14,18H,5,13,15-16H2,1-4H3,(H,25,29)/t18-/m0/s1. The molecule has 0 unspecified atom stereocenters. The lowest BCUT2D eigenvalue weighted by atomic mass is 10.1. The highest BCUT2D eigenvalue weighted by Crippen LogP contribution is 2.23. The Morgan fingerprint density at radius 3 is 2.41 bits per heavy atom. The Morgan fingerprint density at radius 1 is 1.12 bits per heavy atom. The third-order valence-electron chi connectivity index (χ3n) is 5.09. The van der Waals surface area contributed by atoms with Crippen LogP contribution in [0.1, 0.15) is 31.4 Å². The molecule has 32 heavy (non-hydrogen) atoms. The monoisotopic (exact) mass is 479 g/mol. The number of nitrogens with one attached hydrogen (secondary N) is 1. The predicted octanol–water partition coefficient (Wildman–Crippen LogP) is 3.36. The number of aryl methyl sites for hydroxylation is 1. The summed E-state index contributed by atoms with van der Waals surface area (Å²) in [6, 6.07) is 13.1. The minimum absolute atomic E-state index is 0.180. The van der Waals surface area contributed by atoms with Gasteiger partial charge in [0.1, 0.15) is 12.6 Å². The lowest BCUT2D eigenvalue weighted by Crippen LogP contribution is -2.51. The number of sulfonamides is 1. The minimum Gasteiger partial charge on any atom is -0.354 e. The number of hydrogen-bond donors (Lipinski definition) is 1. The van der Waals surface area contributed by atoms with Gasteiger partial charge in [0.05, 0.1) is 11.9 Å². The average Bonchev–Trinajstić information content (AvgIpc) is 2.73. The molecule has 1 N–H and O–H groups in total. The molecule has 2 amide bonds. The zero-order valence-electron chi connectivity index (χ0n) is 18.8. The molecular weight excluding hydrogens is 450 g/mol. The van der Waals surface area contributed by atoms with Gasteiger partial charge in [0.25, 0.3) is 0 Å². The number of amides is 2. The van der Waals surface area contributed by atoms with E-state index in [0.29, 0.717) is 11.6 Å². The van der Waals surface area contributed by atoms with Crippen molar-refractivity contribution in [3.63, 3.8) is 0 Å². The Balaban J connectivity index is 2.38. The number of hydrogen-bond acceptors (Lipinski definition) is 4. The summed E-state index contributed by atoms with van der Waals surface area (Å²) in [7, 11) is -3.78. The third-order valence-corrected chi connectivity index (χ3v) is 6.47. The van der Waals surface area contributed by atoms with Crippen LogP contribution in [0.2, 0.25) is 5.02 Å². The summed E-state index contributed by atoms with van der Waals surface area (Å²) in [6.45, 7) is 5.74. The fourth-order valence-corrected chi connectivity index (χ4v) is 4.22. The maximum absolute atomic E-state index is 13.4. The van der Waals surface area contributed by atoms with E-state index in [1.165, 1.54) is 11.0 Å². The van der Waals surface area contributed by atoms with E-state index in [4.69, 9.17) is 11.6 Å². The normalized spacial score (nSPS) is 12.2. The fourth-order valence-electron chi connectivity index (χ4n) is 3.19. The molecule has 0 bridgehead atoms. The van der Waals surface area contributed by atoms with Crippen LogP contribution in [0, 0.1) is 6.92 Å². The van der Waals surface area contributed by atoms with E-state index in [2.05, 4.69) is 5.32 Å². The van der Waals surface area contributed by atoms with Gasteiger partial charge in [-0.3, -0.25) is 13.9 Å². The zero-order chi connectivity index (χ0) is 23.9. The molecule has 0 heterocycles. The van der Waals surface area contributed by atoms with Crippen LogP contribution < -0.4 is 9.62 Å². The van der Waals surface area contributed by atoms with Crippen molar-refractivity contribution in [2.24, 2.45) is 0 Å². The van der Waals surface area contributed by atoms with Crippen LogP contribution in [-0.2, 0) is 26.2 Å². The topological polar surface area (TPSA) is 86.8 Å². The van der Waals surface area contributed by atoms with E-state index in [0.717, 1.165) is 28.1 Å². The van der Waals surface area contributed by atoms with E-state index >= 15 is 0 Å². The SMILES string of the molecule is CCCNC(=O)[C@H](C)N(Cc1ccccc1C)C(=O)CN(c1cccc(Cl)c1)S(C)(=O)=O. The number of rotatable bonds is 10. The summed E-state index contributed by atoms with van der Waals surface area (Å²) < 4.78 is 26.0. The van der Waals surface area contributed by atoms with Crippen molar-refractivity contribution >= 4 is 39.1 Å². The number of anilines is 1. The third kappa shape index (κ3) is 6.97. The summed E-state index contributed by atoms with van der Waals surface area (Å²) in [6.07, 6.45) is 1.80. The van der Waals surface area contributed by atoms with Gasteiger partial charge < -0.3 is 10.2 Å². The molecule has 2 rings (SSSR count). The highest BCUT2D eigenvalue weighted by molar-refractivity contribution is 7.92. The predicted molar refractivity (Wildman–Crippen MR) is 128 cm³/mol. The maximum Gasteiger partial charge on any atom is 0.244 e. The lowest BCUT2D eigenvalue weighted by molar-refractivity contribution is -0.139. The van der Waals surface area contributed by atoms with Gasteiger partial charge in [0.15, 0.2) is 0 Å². The largest absolute Gasteiger partial charge is 0.354 e. The Labute approximate surface area is 195 Å². The molecule has 0 aliphatic rings. The van der Waals surface area contributed by atoms with Gasteiger partial charge >= 0.3 is 0 Å². The molecule has 0 aliphatic heterocycles. The molecule has 0 saturated heterocycles. The minimum atomic E-state index is -3.78. The van der Waals surface area contributed by atoms with Crippen LogP contribution in [0.4, 0.5) is 5.69 Å². The van der Waals surface area contributed by atoms with Crippen molar-refractivity contribution in [1.29, 1.82) is 0 Å². The number of benzene rings is 2. The molecule has 1 atom stereocenters. The van der Waals surface area contributed by atoms with Crippen molar-refractivity contribution in [2.75, 3.05) is 23.7 Å². The van der Waals surface area contributed by atoms with Crippen LogP contribution in [0.3, 0.4) is 0 Å². The van der Waals surface area contributed by atoms with Gasteiger partial charge in [-0.15, -0.1) is 0 Å². The molecular formula is C23H30ClN3O4S. The van der Waals surface area contributed by atoms with Crippen molar-refractivity contribution in [3.8, 4) is 0 Å². The molecule has 174 valence electrons. The Bertz CT molecular complexity index is 1060. The highest BCUT2D eigenvalue weighted by Gasteiger charge is 2.30. The van der Waals surface area contributed by atoms with E-state index < -0.39 is 28.5 Å². The molecule has 0 fully saturated rings. The summed E-state index contributed by atoms with van der Waals surface area (Å²) in [4.78, 5) is 27.5. The summed E-state index contributed by atoms with van der Waals surface area (Å²) in [5, 5.41) is 3.16. The second kappa shape index (κ2) is 11.3. The second-order valence-corrected chi connectivity index (χ2v) is 10.0. The number of nitrogens with zero attached hydrogens (tertiary/aromatic N) is 2. The summed E-state index contributed by atoms with van der Waals surface area (Å²) >= 11 is 6.03. The van der Waals surface area contributed by atoms with E-state index in [9.17, 15) is 18.0 Å². The average molecular weight is 480 g/mol. The zero-order valence-corrected chi connectivity index (χ0v) is 20.4. The van der Waals surface area contributed by atoms with Crippen LogP contribution in [-0.4, -0.2) is 50.5 Å². The molecule has 0 aliphatic carbocycles. The first kappa shape index (κ1) is 25.7. The number of halogens is 1. The Hall–Kier alpha value is -2.58. The quantitative estimate of drug-likeness (QED) is 0.566. The van der Waals surface area contributed by atoms with Gasteiger partial charge in [-0.2, -0.15) is 0 Å². The summed E-state index contributed by atoms with van der Waals surface area (Å²) in [5.41, 5.74) is 2.14. The Morgan fingerprint density at radius 2 is 1.81 bits per heavy atom. The van der Waals surface area contributed by atoms with Gasteiger partial charge in [-0.1, -0.05) is 48.9 Å². The smallest absolute Gasteiger partial charge is 0.244 e. The molecule has 0 aromatic heterocycles. The van der Waals surface area contributed by atoms with Crippen molar-refractivity contribution in [2.45, 2.75) is 39.8 Å². The number of carbonyl (C=O) groups is 2. The molecule has 0 saturated carbocycles. The van der Waals surface area contributed by atoms with Gasteiger partial charge in [0.2, 0.25) is 21.8 Å². The van der Waals surface area contributed by atoms with Crippen molar-refractivity contribution < 1.29 is 18.0 Å². The van der Waals surface area contributed by atoms with Crippen LogP contribution in [0.15, 0.2) is 48.5 Å². The van der Waals surface area contributed by atoms with Crippen molar-refractivity contribution in [1.82, 2.24) is 10.2 Å². The number of carbonyl (C=O) groups excluding carboxylic acids is 2. The van der Waals surface area contributed by atoms with Crippen molar-refractivity contribution in [3.05, 3.63) is 64.7 Å². The second-order valence-electron chi connectivity index (χ2n) is 7.66. The molecule has 7 nitrogen and oxygen atoms in total. The molecule has 2 aromatic carbocycles. The van der Waals surface area contributed by atoms with Crippen LogP contribution in [0.25, 0.3) is 0 Å². The molecule has 9 heteroatoms. The van der Waals surface area contributed by atoms with Gasteiger partial charge in [0, 0.05) is 18.1 Å². The Kier molecular flexibility index (Phi) is 9.09. The first-order valence-corrected chi connectivity index (χ1v) is 12.6. The first-order valence-electron chi connectivity index (χ1n) is 10.4. The summed E-state index contributed by atoms with van der Waals surface area (Å²) in [5.74, 6) is -0.778. The van der Waals surface area contributed by atoms with Crippen LogP contribution in [0.5, 0.6) is 0 Å². The van der Waals surface area contributed by atoms with Crippen LogP contribution >= 0.6 is 11.6 Å². The maximum atomic E-state index is 13.4. The van der Waals surface area contributed by atoms with E-state index in [1.807, 2.05) is 38.1 Å². The highest BCUT2D eigenvalue weighted by atomic mass is 35.5. The first-order chi connectivity index (χ1) is 15.0. The van der Waals surface area contributed by atoms with Gasteiger partial charge in [-0.05, 0) is 49.6 Å². The molecule has 0 radical (unpaired) electrons. The lowest BCUT2D eigenvalue weighted by Gasteiger charge is -2.31. The molecule has 2 aromatic rings. The van der Waals surface area contributed by atoms with E-state index in [1.54, 1.807) is 25.1 Å². The van der Waals surface area contributed by atoms with E-state index in [-0.39, 0.29) is 18.1 Å². The van der Waals surface area contributed by atoms with Gasteiger partial charge in [-0.25, -0.2) is 8.42 Å². The molecule has 0 spiro atoms. The fraction of sp³-hybridized carbons (Fsp3) is 0.391.